The third-order valence-electron chi connectivity index (χ3n) is 1.47. The Balaban J connectivity index is 2.51. The summed E-state index contributed by atoms with van der Waals surface area (Å²) in [5.74, 6) is 1.09. The third kappa shape index (κ3) is 1.01. The number of nitrogen functional groups attached to an aromatic ring is 1. The summed E-state index contributed by atoms with van der Waals surface area (Å²) in [5, 5.41) is 7.60. The number of hydrogen-bond acceptors (Lipinski definition) is 4. The molecule has 5 heteroatoms. The molecular formula is C7H7N5. The van der Waals surface area contributed by atoms with Crippen LogP contribution >= 0.6 is 0 Å². The van der Waals surface area contributed by atoms with Gasteiger partial charge in [0.05, 0.1) is 0 Å². The van der Waals surface area contributed by atoms with Crippen molar-refractivity contribution in [1.29, 1.82) is 0 Å². The molecule has 2 aromatic rings. The van der Waals surface area contributed by atoms with Crippen LogP contribution in [-0.4, -0.2) is 19.7 Å². The van der Waals surface area contributed by atoms with Gasteiger partial charge in [-0.1, -0.05) is 0 Å². The molecule has 0 aliphatic carbocycles. The van der Waals surface area contributed by atoms with E-state index in [-0.39, 0.29) is 0 Å². The Labute approximate surface area is 68.9 Å². The molecule has 0 fully saturated rings. The first kappa shape index (κ1) is 6.78. The minimum Gasteiger partial charge on any atom is -0.369 e. The van der Waals surface area contributed by atoms with Crippen molar-refractivity contribution in [3.8, 4) is 5.82 Å². The highest BCUT2D eigenvalue weighted by atomic mass is 15.2. The zero-order chi connectivity index (χ0) is 8.39. The van der Waals surface area contributed by atoms with Gasteiger partial charge in [0.2, 0.25) is 5.95 Å². The van der Waals surface area contributed by atoms with E-state index in [1.54, 1.807) is 29.2 Å². The van der Waals surface area contributed by atoms with Crippen LogP contribution in [0.5, 0.6) is 0 Å². The van der Waals surface area contributed by atoms with Crippen molar-refractivity contribution in [3.05, 3.63) is 30.7 Å². The summed E-state index contributed by atoms with van der Waals surface area (Å²) in [7, 11) is 0. The van der Waals surface area contributed by atoms with Crippen LogP contribution in [0.3, 0.4) is 0 Å². The molecule has 12 heavy (non-hydrogen) atoms. The quantitative estimate of drug-likeness (QED) is 0.650. The van der Waals surface area contributed by atoms with E-state index in [1.807, 2.05) is 6.07 Å². The second-order valence-corrected chi connectivity index (χ2v) is 2.24. The van der Waals surface area contributed by atoms with Crippen LogP contribution in [-0.2, 0) is 0 Å². The van der Waals surface area contributed by atoms with Crippen molar-refractivity contribution in [2.75, 3.05) is 5.73 Å². The lowest BCUT2D eigenvalue weighted by molar-refractivity contribution is 0.920. The first-order chi connectivity index (χ1) is 5.88. The fourth-order valence-corrected chi connectivity index (χ4v) is 0.931. The molecule has 0 aliphatic rings. The molecule has 0 unspecified atom stereocenters. The molecule has 0 saturated heterocycles. The summed E-state index contributed by atoms with van der Waals surface area (Å²) >= 11 is 0. The van der Waals surface area contributed by atoms with Crippen LogP contribution in [0.1, 0.15) is 0 Å². The number of hydrogen-bond donors (Lipinski definition) is 1. The highest BCUT2D eigenvalue weighted by Crippen LogP contribution is 2.06. The Morgan fingerprint density at radius 1 is 1.33 bits per heavy atom. The van der Waals surface area contributed by atoms with Gasteiger partial charge in [-0.15, -0.1) is 5.10 Å². The van der Waals surface area contributed by atoms with Crippen LogP contribution in [0.4, 0.5) is 5.95 Å². The van der Waals surface area contributed by atoms with Gasteiger partial charge in [-0.05, 0) is 12.1 Å². The lowest BCUT2D eigenvalue weighted by Crippen LogP contribution is -2.02. The molecule has 0 amide bonds. The molecule has 2 rings (SSSR count). The van der Waals surface area contributed by atoms with Gasteiger partial charge in [-0.2, -0.15) is 5.10 Å². The van der Waals surface area contributed by atoms with Crippen molar-refractivity contribution < 1.29 is 0 Å². The maximum absolute atomic E-state index is 5.56. The molecule has 2 N–H and O–H groups in total. The normalized spacial score (nSPS) is 10.0. The molecule has 0 atom stereocenters. The molecule has 5 nitrogen and oxygen atoms in total. The third-order valence-corrected chi connectivity index (χ3v) is 1.47. The van der Waals surface area contributed by atoms with Gasteiger partial charge in [-0.25, -0.2) is 4.98 Å². The summed E-state index contributed by atoms with van der Waals surface area (Å²) in [6, 6.07) is 3.60. The fourth-order valence-electron chi connectivity index (χ4n) is 0.931. The van der Waals surface area contributed by atoms with E-state index in [2.05, 4.69) is 15.2 Å². The Morgan fingerprint density at radius 2 is 2.25 bits per heavy atom. The topological polar surface area (TPSA) is 69.6 Å². The van der Waals surface area contributed by atoms with Crippen molar-refractivity contribution in [1.82, 2.24) is 19.7 Å². The monoisotopic (exact) mass is 161 g/mol. The lowest BCUT2D eigenvalue weighted by Gasteiger charge is -1.99. The fraction of sp³-hybridized carbons (Fsp3) is 0. The predicted molar refractivity (Wildman–Crippen MR) is 43.6 cm³/mol. The standard InChI is InChI=1S/C7H7N5/c8-7-9-4-5-12(7)6-2-1-3-10-11-6/h1-5H,(H2,8,9). The predicted octanol–water partition coefficient (Wildman–Crippen LogP) is 0.244. The molecule has 0 spiro atoms. The highest BCUT2D eigenvalue weighted by molar-refractivity contribution is 5.31. The number of imidazole rings is 1. The largest absolute Gasteiger partial charge is 0.369 e. The van der Waals surface area contributed by atoms with Gasteiger partial charge in [0.15, 0.2) is 5.82 Å². The van der Waals surface area contributed by atoms with Gasteiger partial charge in [0.1, 0.15) is 0 Å². The van der Waals surface area contributed by atoms with Crippen molar-refractivity contribution in [2.24, 2.45) is 0 Å². The van der Waals surface area contributed by atoms with E-state index < -0.39 is 0 Å². The average Bonchev–Trinajstić information content (AvgIpc) is 2.53. The maximum Gasteiger partial charge on any atom is 0.206 e. The summed E-state index contributed by atoms with van der Waals surface area (Å²) in [4.78, 5) is 3.87. The van der Waals surface area contributed by atoms with Crippen molar-refractivity contribution >= 4 is 5.95 Å². The van der Waals surface area contributed by atoms with Crippen LogP contribution < -0.4 is 5.73 Å². The highest BCUT2D eigenvalue weighted by Gasteiger charge is 2.00. The molecule has 0 aliphatic heterocycles. The first-order valence-corrected chi connectivity index (χ1v) is 3.45. The van der Waals surface area contributed by atoms with E-state index in [4.69, 9.17) is 5.73 Å². The van der Waals surface area contributed by atoms with Gasteiger partial charge in [0.25, 0.3) is 0 Å². The van der Waals surface area contributed by atoms with Gasteiger partial charge >= 0.3 is 0 Å². The Morgan fingerprint density at radius 3 is 2.83 bits per heavy atom. The summed E-state index contributed by atoms with van der Waals surface area (Å²) in [6.07, 6.45) is 4.96. The number of rotatable bonds is 1. The number of nitrogens with zero attached hydrogens (tertiary/aromatic N) is 4. The van der Waals surface area contributed by atoms with E-state index >= 15 is 0 Å². The maximum atomic E-state index is 5.56. The van der Waals surface area contributed by atoms with Gasteiger partial charge < -0.3 is 5.73 Å². The molecule has 0 radical (unpaired) electrons. The molecule has 2 aromatic heterocycles. The Hall–Kier alpha value is -1.91. The summed E-state index contributed by atoms with van der Waals surface area (Å²) < 4.78 is 1.66. The molecule has 2 heterocycles. The van der Waals surface area contributed by atoms with Crippen LogP contribution in [0, 0.1) is 0 Å². The van der Waals surface area contributed by atoms with Crippen LogP contribution in [0.2, 0.25) is 0 Å². The molecule has 60 valence electrons. The molecule has 0 bridgehead atoms. The lowest BCUT2D eigenvalue weighted by atomic mass is 10.5. The smallest absolute Gasteiger partial charge is 0.206 e. The second kappa shape index (κ2) is 2.61. The second-order valence-electron chi connectivity index (χ2n) is 2.24. The summed E-state index contributed by atoms with van der Waals surface area (Å²) in [6.45, 7) is 0. The van der Waals surface area contributed by atoms with E-state index in [1.165, 1.54) is 0 Å². The van der Waals surface area contributed by atoms with E-state index in [9.17, 15) is 0 Å². The molecule has 0 aromatic carbocycles. The number of anilines is 1. The van der Waals surface area contributed by atoms with Crippen LogP contribution in [0.25, 0.3) is 5.82 Å². The number of aromatic nitrogens is 4. The van der Waals surface area contributed by atoms with Gasteiger partial charge in [-0.3, -0.25) is 4.57 Å². The molecule has 0 saturated carbocycles. The van der Waals surface area contributed by atoms with E-state index in [0.29, 0.717) is 11.8 Å². The SMILES string of the molecule is Nc1nccn1-c1cccnn1. The minimum absolute atomic E-state index is 0.413. The number of nitrogens with two attached hydrogens (primary N) is 1. The zero-order valence-electron chi connectivity index (χ0n) is 6.25. The summed E-state index contributed by atoms with van der Waals surface area (Å²) in [5.41, 5.74) is 5.56. The van der Waals surface area contributed by atoms with E-state index in [0.717, 1.165) is 0 Å². The van der Waals surface area contributed by atoms with Crippen molar-refractivity contribution in [3.63, 3.8) is 0 Å². The molecular weight excluding hydrogens is 154 g/mol. The average molecular weight is 161 g/mol. The van der Waals surface area contributed by atoms with Gasteiger partial charge in [0, 0.05) is 18.6 Å². The Kier molecular flexibility index (Phi) is 1.48. The minimum atomic E-state index is 0.413. The first-order valence-electron chi connectivity index (χ1n) is 3.45. The van der Waals surface area contributed by atoms with Crippen LogP contribution in [0.15, 0.2) is 30.7 Å². The van der Waals surface area contributed by atoms with Crippen molar-refractivity contribution in [2.45, 2.75) is 0 Å². The Bertz CT molecular complexity index is 366. The zero-order valence-corrected chi connectivity index (χ0v) is 6.25.